The van der Waals surface area contributed by atoms with Crippen LogP contribution in [0.3, 0.4) is 0 Å². The van der Waals surface area contributed by atoms with Gasteiger partial charge in [-0.05, 0) is 35.4 Å². The van der Waals surface area contributed by atoms with E-state index in [-0.39, 0.29) is 5.41 Å². The van der Waals surface area contributed by atoms with E-state index in [1.807, 2.05) is 12.1 Å². The Morgan fingerprint density at radius 1 is 1.43 bits per heavy atom. The lowest BCUT2D eigenvalue weighted by atomic mass is 9.86. The van der Waals surface area contributed by atoms with Crippen LogP contribution in [0.15, 0.2) is 18.2 Å². The van der Waals surface area contributed by atoms with Gasteiger partial charge in [0.15, 0.2) is 0 Å². The van der Waals surface area contributed by atoms with Crippen molar-refractivity contribution in [2.75, 3.05) is 5.32 Å². The molecule has 0 fully saturated rings. The van der Waals surface area contributed by atoms with Gasteiger partial charge in [0, 0.05) is 5.69 Å². The van der Waals surface area contributed by atoms with Crippen LogP contribution in [0, 0.1) is 0 Å². The molecule has 2 heteroatoms. The number of nitrogens with one attached hydrogen (secondary N) is 1. The Balaban J connectivity index is 2.50. The molecular formula is C12H15NO. The van der Waals surface area contributed by atoms with E-state index in [4.69, 9.17) is 0 Å². The fraction of sp³-hybridized carbons (Fsp3) is 0.417. The van der Waals surface area contributed by atoms with Crippen molar-refractivity contribution in [1.82, 2.24) is 0 Å². The molecule has 0 aliphatic heterocycles. The summed E-state index contributed by atoms with van der Waals surface area (Å²) < 4.78 is 0. The Morgan fingerprint density at radius 3 is 2.93 bits per heavy atom. The van der Waals surface area contributed by atoms with Crippen molar-refractivity contribution < 1.29 is 4.79 Å². The first kappa shape index (κ1) is 9.25. The molecule has 1 N–H and O–H groups in total. The van der Waals surface area contributed by atoms with Gasteiger partial charge in [0.25, 0.3) is 0 Å². The van der Waals surface area contributed by atoms with E-state index in [9.17, 15) is 4.79 Å². The predicted octanol–water partition coefficient (Wildman–Crippen LogP) is 2.48. The smallest absolute Gasteiger partial charge is 0.211 e. The molecule has 1 aromatic carbocycles. The second kappa shape index (κ2) is 3.12. The molecule has 2 nitrogen and oxygen atoms in total. The first-order valence-electron chi connectivity index (χ1n) is 4.98. The highest BCUT2D eigenvalue weighted by atomic mass is 16.1. The summed E-state index contributed by atoms with van der Waals surface area (Å²) in [6.07, 6.45) is 2.99. The van der Waals surface area contributed by atoms with Crippen LogP contribution in [0.1, 0.15) is 31.4 Å². The monoisotopic (exact) mass is 189 g/mol. The first-order chi connectivity index (χ1) is 6.65. The zero-order valence-electron chi connectivity index (χ0n) is 8.63. The standard InChI is InChI=1S/C12H15NO/c1-12(2)7-6-9-10(12)4-3-5-11(9)13-8-14/h3-5,8H,6-7H2,1-2H3,(H,13,14). The molecule has 0 aromatic heterocycles. The summed E-state index contributed by atoms with van der Waals surface area (Å²) in [5.74, 6) is 0. The molecular weight excluding hydrogens is 174 g/mol. The number of fused-ring (bicyclic) bond motifs is 1. The first-order valence-corrected chi connectivity index (χ1v) is 4.98. The largest absolute Gasteiger partial charge is 0.328 e. The number of hydrogen-bond acceptors (Lipinski definition) is 1. The normalized spacial score (nSPS) is 17.6. The van der Waals surface area contributed by atoms with Gasteiger partial charge in [0.2, 0.25) is 6.41 Å². The maximum absolute atomic E-state index is 10.4. The topological polar surface area (TPSA) is 29.1 Å². The SMILES string of the molecule is CC1(C)CCc2c(NC=O)cccc21. The molecule has 0 atom stereocenters. The second-order valence-corrected chi connectivity index (χ2v) is 4.48. The summed E-state index contributed by atoms with van der Waals surface area (Å²) >= 11 is 0. The van der Waals surface area contributed by atoms with Gasteiger partial charge in [-0.2, -0.15) is 0 Å². The molecule has 1 aliphatic rings. The lowest BCUT2D eigenvalue weighted by molar-refractivity contribution is -0.105. The van der Waals surface area contributed by atoms with Crippen LogP contribution in [0.4, 0.5) is 5.69 Å². The van der Waals surface area contributed by atoms with Gasteiger partial charge < -0.3 is 5.32 Å². The molecule has 0 saturated carbocycles. The lowest BCUT2D eigenvalue weighted by Gasteiger charge is -2.19. The minimum atomic E-state index is 0.260. The van der Waals surface area contributed by atoms with Crippen LogP contribution in [0.5, 0.6) is 0 Å². The summed E-state index contributed by atoms with van der Waals surface area (Å²) in [7, 11) is 0. The Bertz CT molecular complexity index is 369. The van der Waals surface area contributed by atoms with Crippen LogP contribution in [0.2, 0.25) is 0 Å². The third kappa shape index (κ3) is 1.31. The van der Waals surface area contributed by atoms with Crippen molar-refractivity contribution in [3.05, 3.63) is 29.3 Å². The average molecular weight is 189 g/mol. The van der Waals surface area contributed by atoms with Gasteiger partial charge in [-0.15, -0.1) is 0 Å². The van der Waals surface area contributed by atoms with E-state index in [0.717, 1.165) is 18.5 Å². The van der Waals surface area contributed by atoms with Crippen molar-refractivity contribution in [3.8, 4) is 0 Å². The quantitative estimate of drug-likeness (QED) is 0.711. The summed E-state index contributed by atoms with van der Waals surface area (Å²) in [6.45, 7) is 4.51. The number of carbonyl (C=O) groups is 1. The number of hydrogen-bond donors (Lipinski definition) is 1. The minimum Gasteiger partial charge on any atom is -0.328 e. The zero-order valence-corrected chi connectivity index (χ0v) is 8.63. The molecule has 1 aromatic rings. The molecule has 14 heavy (non-hydrogen) atoms. The zero-order chi connectivity index (χ0) is 10.2. The highest BCUT2D eigenvalue weighted by molar-refractivity contribution is 5.75. The van der Waals surface area contributed by atoms with Gasteiger partial charge in [-0.1, -0.05) is 26.0 Å². The Labute approximate surface area is 84.3 Å². The second-order valence-electron chi connectivity index (χ2n) is 4.48. The van der Waals surface area contributed by atoms with Gasteiger partial charge in [0.05, 0.1) is 0 Å². The van der Waals surface area contributed by atoms with Crippen molar-refractivity contribution >= 4 is 12.1 Å². The van der Waals surface area contributed by atoms with Crippen molar-refractivity contribution in [3.63, 3.8) is 0 Å². The summed E-state index contributed by atoms with van der Waals surface area (Å²) in [5.41, 5.74) is 3.92. The molecule has 0 saturated heterocycles. The highest BCUT2D eigenvalue weighted by Gasteiger charge is 2.30. The maximum atomic E-state index is 10.4. The van der Waals surface area contributed by atoms with Crippen molar-refractivity contribution in [1.29, 1.82) is 0 Å². The van der Waals surface area contributed by atoms with E-state index in [0.29, 0.717) is 0 Å². The van der Waals surface area contributed by atoms with Gasteiger partial charge in [-0.3, -0.25) is 4.79 Å². The predicted molar refractivity (Wildman–Crippen MR) is 57.5 cm³/mol. The highest BCUT2D eigenvalue weighted by Crippen LogP contribution is 2.41. The fourth-order valence-electron chi connectivity index (χ4n) is 2.26. The van der Waals surface area contributed by atoms with Gasteiger partial charge >= 0.3 is 0 Å². The number of benzene rings is 1. The molecule has 0 bridgehead atoms. The van der Waals surface area contributed by atoms with Gasteiger partial charge in [0.1, 0.15) is 0 Å². The van der Waals surface area contributed by atoms with Crippen molar-refractivity contribution in [2.24, 2.45) is 0 Å². The lowest BCUT2D eigenvalue weighted by Crippen LogP contribution is -2.11. The summed E-state index contributed by atoms with van der Waals surface area (Å²) in [6, 6.07) is 6.14. The fourth-order valence-corrected chi connectivity index (χ4v) is 2.26. The Kier molecular flexibility index (Phi) is 2.06. The number of rotatable bonds is 2. The van der Waals surface area contributed by atoms with Crippen LogP contribution < -0.4 is 5.32 Å². The number of anilines is 1. The van der Waals surface area contributed by atoms with Crippen LogP contribution in [0.25, 0.3) is 0 Å². The maximum Gasteiger partial charge on any atom is 0.211 e. The van der Waals surface area contributed by atoms with Crippen molar-refractivity contribution in [2.45, 2.75) is 32.1 Å². The van der Waals surface area contributed by atoms with Crippen LogP contribution in [-0.4, -0.2) is 6.41 Å². The summed E-state index contributed by atoms with van der Waals surface area (Å²) in [4.78, 5) is 10.4. The van der Waals surface area contributed by atoms with E-state index in [1.54, 1.807) is 0 Å². The van der Waals surface area contributed by atoms with E-state index < -0.39 is 0 Å². The van der Waals surface area contributed by atoms with Gasteiger partial charge in [-0.25, -0.2) is 0 Å². The molecule has 0 spiro atoms. The van der Waals surface area contributed by atoms with E-state index in [1.165, 1.54) is 17.5 Å². The average Bonchev–Trinajstić information content (AvgIpc) is 2.45. The molecule has 74 valence electrons. The van der Waals surface area contributed by atoms with Crippen LogP contribution in [-0.2, 0) is 16.6 Å². The molecule has 2 rings (SSSR count). The number of amides is 1. The van der Waals surface area contributed by atoms with E-state index in [2.05, 4.69) is 25.2 Å². The third-order valence-electron chi connectivity index (χ3n) is 3.12. The minimum absolute atomic E-state index is 0.260. The Morgan fingerprint density at radius 2 is 2.21 bits per heavy atom. The molecule has 1 amide bonds. The molecule has 1 aliphatic carbocycles. The molecule has 0 radical (unpaired) electrons. The van der Waals surface area contributed by atoms with Crippen LogP contribution >= 0.6 is 0 Å². The third-order valence-corrected chi connectivity index (χ3v) is 3.12. The number of carbonyl (C=O) groups excluding carboxylic acids is 1. The van der Waals surface area contributed by atoms with E-state index >= 15 is 0 Å². The Hall–Kier alpha value is -1.31. The summed E-state index contributed by atoms with van der Waals surface area (Å²) in [5, 5.41) is 2.77. The molecule has 0 unspecified atom stereocenters. The molecule has 0 heterocycles.